The van der Waals surface area contributed by atoms with Crippen molar-refractivity contribution in [1.82, 2.24) is 0 Å². The SMILES string of the molecule is Cc1ccc(/C=C/OBO)cc1. The highest BCUT2D eigenvalue weighted by molar-refractivity contribution is 6.16. The van der Waals surface area contributed by atoms with Gasteiger partial charge in [-0.15, -0.1) is 0 Å². The normalized spacial score (nSPS) is 10.2. The fourth-order valence-corrected chi connectivity index (χ4v) is 0.847. The van der Waals surface area contributed by atoms with E-state index in [2.05, 4.69) is 4.65 Å². The third-order valence-electron chi connectivity index (χ3n) is 1.51. The van der Waals surface area contributed by atoms with E-state index >= 15 is 0 Å². The van der Waals surface area contributed by atoms with Gasteiger partial charge in [0.25, 0.3) is 0 Å². The topological polar surface area (TPSA) is 29.5 Å². The van der Waals surface area contributed by atoms with Crippen LogP contribution in [-0.4, -0.2) is 12.7 Å². The first-order chi connectivity index (χ1) is 5.83. The van der Waals surface area contributed by atoms with Gasteiger partial charge < -0.3 is 9.68 Å². The fraction of sp³-hybridized carbons (Fsp3) is 0.111. The second-order valence-corrected chi connectivity index (χ2v) is 2.51. The molecular weight excluding hydrogens is 151 g/mol. The Morgan fingerprint density at radius 1 is 1.33 bits per heavy atom. The van der Waals surface area contributed by atoms with Gasteiger partial charge in [0.15, 0.2) is 0 Å². The van der Waals surface area contributed by atoms with E-state index < -0.39 is 0 Å². The molecule has 3 heteroatoms. The number of benzene rings is 1. The molecule has 0 heterocycles. The van der Waals surface area contributed by atoms with E-state index in [9.17, 15) is 0 Å². The van der Waals surface area contributed by atoms with Gasteiger partial charge in [-0.3, -0.25) is 0 Å². The Morgan fingerprint density at radius 3 is 2.58 bits per heavy atom. The van der Waals surface area contributed by atoms with E-state index in [0.29, 0.717) is 0 Å². The molecule has 62 valence electrons. The van der Waals surface area contributed by atoms with Gasteiger partial charge in [0, 0.05) is 0 Å². The lowest BCUT2D eigenvalue weighted by Gasteiger charge is -1.94. The molecule has 0 aromatic heterocycles. The van der Waals surface area contributed by atoms with Gasteiger partial charge in [-0.1, -0.05) is 29.8 Å². The quantitative estimate of drug-likeness (QED) is 0.535. The molecular formula is C9H11BO2. The van der Waals surface area contributed by atoms with Crippen molar-refractivity contribution in [2.45, 2.75) is 6.92 Å². The Morgan fingerprint density at radius 2 is 2.00 bits per heavy atom. The summed E-state index contributed by atoms with van der Waals surface area (Å²) in [6, 6.07) is 8.04. The summed E-state index contributed by atoms with van der Waals surface area (Å²) in [4.78, 5) is 0. The number of rotatable bonds is 3. The maximum Gasteiger partial charge on any atom is 0.503 e. The minimum Gasteiger partial charge on any atom is -0.545 e. The van der Waals surface area contributed by atoms with E-state index in [1.807, 2.05) is 31.2 Å². The summed E-state index contributed by atoms with van der Waals surface area (Å²) in [7, 11) is -0.275. The first-order valence-corrected chi connectivity index (χ1v) is 3.78. The third kappa shape index (κ3) is 2.80. The maximum atomic E-state index is 8.31. The van der Waals surface area contributed by atoms with Crippen molar-refractivity contribution >= 4 is 13.8 Å². The van der Waals surface area contributed by atoms with Crippen molar-refractivity contribution in [1.29, 1.82) is 0 Å². The summed E-state index contributed by atoms with van der Waals surface area (Å²) in [5.74, 6) is 0. The van der Waals surface area contributed by atoms with Crippen LogP contribution in [-0.2, 0) is 4.65 Å². The largest absolute Gasteiger partial charge is 0.545 e. The highest BCUT2D eigenvalue weighted by Gasteiger charge is 1.85. The highest BCUT2D eigenvalue weighted by atomic mass is 16.5. The predicted octanol–water partition coefficient (Wildman–Crippen LogP) is 1.24. The molecule has 1 aromatic rings. The lowest BCUT2D eigenvalue weighted by molar-refractivity contribution is 0.408. The fourth-order valence-electron chi connectivity index (χ4n) is 0.847. The maximum absolute atomic E-state index is 8.31. The molecule has 1 N–H and O–H groups in total. The smallest absolute Gasteiger partial charge is 0.503 e. The molecule has 0 aliphatic rings. The van der Waals surface area contributed by atoms with Gasteiger partial charge in [-0.25, -0.2) is 0 Å². The lowest BCUT2D eigenvalue weighted by atomic mass is 10.1. The Balaban J connectivity index is 2.58. The molecule has 0 radical (unpaired) electrons. The van der Waals surface area contributed by atoms with Crippen molar-refractivity contribution in [3.63, 3.8) is 0 Å². The predicted molar refractivity (Wildman–Crippen MR) is 50.7 cm³/mol. The zero-order valence-corrected chi connectivity index (χ0v) is 7.03. The first-order valence-electron chi connectivity index (χ1n) is 3.78. The number of aryl methyl sites for hydroxylation is 1. The van der Waals surface area contributed by atoms with Crippen LogP contribution >= 0.6 is 0 Å². The zero-order valence-electron chi connectivity index (χ0n) is 7.03. The summed E-state index contributed by atoms with van der Waals surface area (Å²) in [5, 5.41) is 8.31. The summed E-state index contributed by atoms with van der Waals surface area (Å²) in [6.07, 6.45) is 3.28. The Hall–Kier alpha value is -1.22. The monoisotopic (exact) mass is 162 g/mol. The van der Waals surface area contributed by atoms with Crippen LogP contribution in [0.3, 0.4) is 0 Å². The van der Waals surface area contributed by atoms with E-state index in [1.165, 1.54) is 11.8 Å². The molecule has 0 unspecified atom stereocenters. The zero-order chi connectivity index (χ0) is 8.81. The highest BCUT2D eigenvalue weighted by Crippen LogP contribution is 2.04. The van der Waals surface area contributed by atoms with E-state index in [0.717, 1.165) is 5.56 Å². The van der Waals surface area contributed by atoms with Crippen molar-refractivity contribution < 1.29 is 9.68 Å². The van der Waals surface area contributed by atoms with Crippen LogP contribution in [0.4, 0.5) is 0 Å². The lowest BCUT2D eigenvalue weighted by Crippen LogP contribution is -1.87. The van der Waals surface area contributed by atoms with Crippen molar-refractivity contribution in [3.8, 4) is 0 Å². The average molecular weight is 162 g/mol. The Bertz CT molecular complexity index is 254. The number of hydrogen-bond acceptors (Lipinski definition) is 2. The summed E-state index contributed by atoms with van der Waals surface area (Å²) >= 11 is 0. The molecule has 2 nitrogen and oxygen atoms in total. The molecule has 12 heavy (non-hydrogen) atoms. The van der Waals surface area contributed by atoms with Gasteiger partial charge >= 0.3 is 7.69 Å². The van der Waals surface area contributed by atoms with Crippen LogP contribution < -0.4 is 0 Å². The molecule has 0 amide bonds. The van der Waals surface area contributed by atoms with Crippen LogP contribution in [0.15, 0.2) is 30.5 Å². The Kier molecular flexibility index (Phi) is 3.42. The first kappa shape index (κ1) is 8.88. The van der Waals surface area contributed by atoms with Crippen molar-refractivity contribution in [2.24, 2.45) is 0 Å². The summed E-state index contributed by atoms with van der Waals surface area (Å²) in [6.45, 7) is 2.04. The Labute approximate surface area is 72.8 Å². The molecule has 0 saturated carbocycles. The van der Waals surface area contributed by atoms with Gasteiger partial charge in [0.2, 0.25) is 0 Å². The van der Waals surface area contributed by atoms with E-state index in [-0.39, 0.29) is 7.69 Å². The summed E-state index contributed by atoms with van der Waals surface area (Å²) < 4.78 is 4.64. The van der Waals surface area contributed by atoms with Crippen LogP contribution in [0, 0.1) is 6.92 Å². The third-order valence-corrected chi connectivity index (χ3v) is 1.51. The summed E-state index contributed by atoms with van der Waals surface area (Å²) in [5.41, 5.74) is 2.30. The second-order valence-electron chi connectivity index (χ2n) is 2.51. The molecule has 1 rings (SSSR count). The molecule has 0 atom stereocenters. The minimum atomic E-state index is -0.275. The molecule has 0 fully saturated rings. The van der Waals surface area contributed by atoms with Crippen LogP contribution in [0.1, 0.15) is 11.1 Å². The standard InChI is InChI=1S/C9H11BO2/c1-8-2-4-9(5-3-8)6-7-12-10-11/h2-7,10-11H,1H3/b7-6+. The van der Waals surface area contributed by atoms with Gasteiger partial charge in [0.05, 0.1) is 6.26 Å². The van der Waals surface area contributed by atoms with Gasteiger partial charge in [-0.05, 0) is 18.6 Å². The molecule has 0 aliphatic heterocycles. The van der Waals surface area contributed by atoms with E-state index in [1.54, 1.807) is 6.08 Å². The average Bonchev–Trinajstić information content (AvgIpc) is 2.09. The molecule has 0 saturated heterocycles. The van der Waals surface area contributed by atoms with Crippen molar-refractivity contribution in [3.05, 3.63) is 41.7 Å². The van der Waals surface area contributed by atoms with Gasteiger partial charge in [-0.2, -0.15) is 0 Å². The van der Waals surface area contributed by atoms with Gasteiger partial charge in [0.1, 0.15) is 0 Å². The molecule has 0 spiro atoms. The minimum absolute atomic E-state index is 0.275. The van der Waals surface area contributed by atoms with Crippen molar-refractivity contribution in [2.75, 3.05) is 0 Å². The molecule has 0 aliphatic carbocycles. The molecule has 0 bridgehead atoms. The molecule has 1 aromatic carbocycles. The second kappa shape index (κ2) is 4.62. The van der Waals surface area contributed by atoms with E-state index in [4.69, 9.17) is 5.02 Å². The number of hydrogen-bond donors (Lipinski definition) is 1. The van der Waals surface area contributed by atoms with Crippen LogP contribution in [0.25, 0.3) is 6.08 Å². The van der Waals surface area contributed by atoms with Crippen LogP contribution in [0.2, 0.25) is 0 Å². The van der Waals surface area contributed by atoms with Crippen LogP contribution in [0.5, 0.6) is 0 Å².